The van der Waals surface area contributed by atoms with Gasteiger partial charge in [0, 0.05) is 6.04 Å². The molecule has 0 aliphatic rings. The van der Waals surface area contributed by atoms with Crippen molar-refractivity contribution in [1.82, 2.24) is 0 Å². The van der Waals surface area contributed by atoms with Crippen molar-refractivity contribution in [3.05, 3.63) is 22.2 Å². The fourth-order valence-electron chi connectivity index (χ4n) is 1.49. The normalized spacial score (nSPS) is 12.3. The molecule has 4 heteroatoms. The van der Waals surface area contributed by atoms with Gasteiger partial charge < -0.3 is 15.2 Å². The van der Waals surface area contributed by atoms with Gasteiger partial charge in [0.1, 0.15) is 16.0 Å². The maximum absolute atomic E-state index is 5.93. The molecule has 0 radical (unpaired) electrons. The molecule has 0 aromatic heterocycles. The second kappa shape index (κ2) is 6.11. The quantitative estimate of drug-likeness (QED) is 0.906. The Morgan fingerprint density at radius 3 is 2.12 bits per heavy atom. The van der Waals surface area contributed by atoms with E-state index in [0.717, 1.165) is 34.4 Å². The van der Waals surface area contributed by atoms with Crippen LogP contribution in [-0.2, 0) is 6.42 Å². The molecular weight excluding hydrogens is 270 g/mol. The number of benzene rings is 1. The Bertz CT molecular complexity index is 330. The lowest BCUT2D eigenvalue weighted by molar-refractivity contribution is 0.388. The molecule has 90 valence electrons. The van der Waals surface area contributed by atoms with E-state index in [4.69, 9.17) is 15.2 Å². The Balaban J connectivity index is 3.02. The van der Waals surface area contributed by atoms with E-state index in [0.29, 0.717) is 0 Å². The Labute approximate surface area is 105 Å². The van der Waals surface area contributed by atoms with E-state index >= 15 is 0 Å². The average molecular weight is 288 g/mol. The molecule has 0 saturated carbocycles. The molecule has 0 aliphatic carbocycles. The second-order valence-electron chi connectivity index (χ2n) is 3.69. The van der Waals surface area contributed by atoms with Gasteiger partial charge in [0.25, 0.3) is 0 Å². The highest BCUT2D eigenvalue weighted by molar-refractivity contribution is 9.10. The Kier molecular flexibility index (Phi) is 5.09. The van der Waals surface area contributed by atoms with Crippen LogP contribution in [0, 0.1) is 0 Å². The molecule has 2 N–H and O–H groups in total. The zero-order valence-electron chi connectivity index (χ0n) is 9.92. The molecule has 0 saturated heterocycles. The van der Waals surface area contributed by atoms with Crippen molar-refractivity contribution in [3.8, 4) is 11.5 Å². The van der Waals surface area contributed by atoms with Gasteiger partial charge in [-0.3, -0.25) is 0 Å². The maximum atomic E-state index is 5.93. The van der Waals surface area contributed by atoms with Crippen molar-refractivity contribution in [2.24, 2.45) is 5.73 Å². The lowest BCUT2D eigenvalue weighted by Crippen LogP contribution is -2.21. The average Bonchev–Trinajstić information content (AvgIpc) is 2.30. The van der Waals surface area contributed by atoms with E-state index in [2.05, 4.69) is 22.9 Å². The molecule has 0 fully saturated rings. The van der Waals surface area contributed by atoms with Crippen LogP contribution >= 0.6 is 15.9 Å². The van der Waals surface area contributed by atoms with Crippen LogP contribution in [0.3, 0.4) is 0 Å². The molecule has 0 heterocycles. The van der Waals surface area contributed by atoms with Crippen LogP contribution in [0.2, 0.25) is 0 Å². The van der Waals surface area contributed by atoms with Gasteiger partial charge in [-0.15, -0.1) is 0 Å². The van der Waals surface area contributed by atoms with Gasteiger partial charge in [0.15, 0.2) is 0 Å². The Hall–Kier alpha value is -0.740. The number of ether oxygens (including phenoxy) is 2. The standard InChI is InChI=1S/C12H18BrNO2/c1-4-9(14)5-8-6-10(15-2)12(13)11(7-8)16-3/h6-7,9H,4-5,14H2,1-3H3. The first-order valence-electron chi connectivity index (χ1n) is 5.28. The van der Waals surface area contributed by atoms with E-state index in [9.17, 15) is 0 Å². The summed E-state index contributed by atoms with van der Waals surface area (Å²) in [7, 11) is 3.28. The van der Waals surface area contributed by atoms with Gasteiger partial charge in [-0.25, -0.2) is 0 Å². The minimum atomic E-state index is 0.176. The fourth-order valence-corrected chi connectivity index (χ4v) is 2.04. The molecule has 3 nitrogen and oxygen atoms in total. The van der Waals surface area contributed by atoms with Gasteiger partial charge in [0.05, 0.1) is 14.2 Å². The van der Waals surface area contributed by atoms with Crippen LogP contribution in [0.1, 0.15) is 18.9 Å². The minimum absolute atomic E-state index is 0.176. The molecule has 1 atom stereocenters. The molecule has 1 unspecified atom stereocenters. The number of nitrogens with two attached hydrogens (primary N) is 1. The minimum Gasteiger partial charge on any atom is -0.495 e. The highest BCUT2D eigenvalue weighted by atomic mass is 79.9. The van der Waals surface area contributed by atoms with Crippen LogP contribution in [0.25, 0.3) is 0 Å². The van der Waals surface area contributed by atoms with Gasteiger partial charge in [-0.2, -0.15) is 0 Å². The summed E-state index contributed by atoms with van der Waals surface area (Å²) in [6.45, 7) is 2.08. The number of hydrogen-bond donors (Lipinski definition) is 1. The molecule has 1 aromatic rings. The monoisotopic (exact) mass is 287 g/mol. The summed E-state index contributed by atoms with van der Waals surface area (Å²) in [6, 6.07) is 4.15. The summed E-state index contributed by atoms with van der Waals surface area (Å²) in [6.07, 6.45) is 1.79. The van der Waals surface area contributed by atoms with Crippen molar-refractivity contribution < 1.29 is 9.47 Å². The van der Waals surface area contributed by atoms with Crippen LogP contribution in [0.15, 0.2) is 16.6 Å². The van der Waals surface area contributed by atoms with E-state index in [1.807, 2.05) is 12.1 Å². The van der Waals surface area contributed by atoms with Crippen LogP contribution < -0.4 is 15.2 Å². The molecule has 16 heavy (non-hydrogen) atoms. The highest BCUT2D eigenvalue weighted by Crippen LogP contribution is 2.35. The van der Waals surface area contributed by atoms with Crippen molar-refractivity contribution in [2.45, 2.75) is 25.8 Å². The third kappa shape index (κ3) is 3.12. The van der Waals surface area contributed by atoms with Gasteiger partial charge in [0.2, 0.25) is 0 Å². The van der Waals surface area contributed by atoms with Crippen molar-refractivity contribution in [1.29, 1.82) is 0 Å². The lowest BCUT2D eigenvalue weighted by atomic mass is 10.0. The zero-order chi connectivity index (χ0) is 12.1. The van der Waals surface area contributed by atoms with E-state index in [-0.39, 0.29) is 6.04 Å². The number of hydrogen-bond acceptors (Lipinski definition) is 3. The maximum Gasteiger partial charge on any atom is 0.137 e. The van der Waals surface area contributed by atoms with E-state index in [1.165, 1.54) is 0 Å². The molecule has 1 rings (SSSR count). The first-order valence-corrected chi connectivity index (χ1v) is 6.07. The third-order valence-electron chi connectivity index (χ3n) is 2.53. The predicted octanol–water partition coefficient (Wildman–Crippen LogP) is 2.75. The molecule has 0 amide bonds. The molecule has 0 spiro atoms. The van der Waals surface area contributed by atoms with Crippen molar-refractivity contribution >= 4 is 15.9 Å². The zero-order valence-corrected chi connectivity index (χ0v) is 11.5. The first kappa shape index (κ1) is 13.3. The van der Waals surface area contributed by atoms with Crippen LogP contribution in [0.4, 0.5) is 0 Å². The Morgan fingerprint density at radius 2 is 1.75 bits per heavy atom. The van der Waals surface area contributed by atoms with Crippen molar-refractivity contribution in [2.75, 3.05) is 14.2 Å². The largest absolute Gasteiger partial charge is 0.495 e. The third-order valence-corrected chi connectivity index (χ3v) is 3.31. The highest BCUT2D eigenvalue weighted by Gasteiger charge is 2.11. The summed E-state index contributed by atoms with van der Waals surface area (Å²) in [5.74, 6) is 1.55. The predicted molar refractivity (Wildman–Crippen MR) is 69.2 cm³/mol. The SMILES string of the molecule is CCC(N)Cc1cc(OC)c(Br)c(OC)c1. The second-order valence-corrected chi connectivity index (χ2v) is 4.48. The summed E-state index contributed by atoms with van der Waals surface area (Å²) in [4.78, 5) is 0. The van der Waals surface area contributed by atoms with Crippen LogP contribution in [0.5, 0.6) is 11.5 Å². The molecule has 0 aliphatic heterocycles. The van der Waals surface area contributed by atoms with E-state index < -0.39 is 0 Å². The first-order chi connectivity index (χ1) is 7.62. The topological polar surface area (TPSA) is 44.5 Å². The van der Waals surface area contributed by atoms with E-state index in [1.54, 1.807) is 14.2 Å². The number of halogens is 1. The molecular formula is C12H18BrNO2. The molecule has 0 bridgehead atoms. The Morgan fingerprint density at radius 1 is 1.25 bits per heavy atom. The summed E-state index contributed by atoms with van der Waals surface area (Å²) in [5.41, 5.74) is 7.06. The van der Waals surface area contributed by atoms with Gasteiger partial charge >= 0.3 is 0 Å². The van der Waals surface area contributed by atoms with Gasteiger partial charge in [-0.1, -0.05) is 6.92 Å². The summed E-state index contributed by atoms with van der Waals surface area (Å²) in [5, 5.41) is 0. The summed E-state index contributed by atoms with van der Waals surface area (Å²) >= 11 is 3.44. The molecule has 1 aromatic carbocycles. The van der Waals surface area contributed by atoms with Gasteiger partial charge in [-0.05, 0) is 46.5 Å². The van der Waals surface area contributed by atoms with Crippen molar-refractivity contribution in [3.63, 3.8) is 0 Å². The number of rotatable bonds is 5. The fraction of sp³-hybridized carbons (Fsp3) is 0.500. The smallest absolute Gasteiger partial charge is 0.137 e. The number of methoxy groups -OCH3 is 2. The lowest BCUT2D eigenvalue weighted by Gasteiger charge is -2.13. The summed E-state index contributed by atoms with van der Waals surface area (Å²) < 4.78 is 11.4. The van der Waals surface area contributed by atoms with Crippen LogP contribution in [-0.4, -0.2) is 20.3 Å².